The fourth-order valence-electron chi connectivity index (χ4n) is 5.46. The summed E-state index contributed by atoms with van der Waals surface area (Å²) in [4.78, 5) is 14.8. The van der Waals surface area contributed by atoms with Gasteiger partial charge in [-0.1, -0.05) is 82.2 Å². The maximum atomic E-state index is 12.4. The van der Waals surface area contributed by atoms with Crippen LogP contribution in [0.3, 0.4) is 0 Å². The van der Waals surface area contributed by atoms with E-state index in [-0.39, 0.29) is 24.4 Å². The number of esters is 1. The fraction of sp³-hybridized carbons (Fsp3) is 0.741. The van der Waals surface area contributed by atoms with Crippen LogP contribution in [-0.2, 0) is 24.4 Å². The van der Waals surface area contributed by atoms with E-state index < -0.39 is 16.0 Å². The molecule has 0 amide bonds. The van der Waals surface area contributed by atoms with E-state index in [2.05, 4.69) is 18.9 Å². The van der Waals surface area contributed by atoms with Gasteiger partial charge in [-0.25, -0.2) is 0 Å². The second-order valence-corrected chi connectivity index (χ2v) is 11.9. The molecule has 0 radical (unpaired) electrons. The molecule has 3 saturated heterocycles. The number of nitrogens with zero attached hydrogens (tertiary/aromatic N) is 1. The van der Waals surface area contributed by atoms with Gasteiger partial charge in [-0.05, 0) is 19.0 Å². The number of hydrogen-bond donors (Lipinski definition) is 2. The van der Waals surface area contributed by atoms with Crippen LogP contribution in [0.15, 0.2) is 30.3 Å². The van der Waals surface area contributed by atoms with E-state index in [9.17, 15) is 18.3 Å². The number of carbonyl (C=O) groups excluding carboxylic acids is 1. The molecule has 8 nitrogen and oxygen atoms in total. The molecule has 3 aliphatic heterocycles. The van der Waals surface area contributed by atoms with Gasteiger partial charge in [0.2, 0.25) is 0 Å². The predicted octanol–water partition coefficient (Wildman–Crippen LogP) is 3.93. The number of aliphatic hydroxyl groups excluding tert-OH is 1. The van der Waals surface area contributed by atoms with E-state index >= 15 is 0 Å². The van der Waals surface area contributed by atoms with Gasteiger partial charge in [0.25, 0.3) is 10.1 Å². The first-order chi connectivity index (χ1) is 17.2. The van der Waals surface area contributed by atoms with Crippen LogP contribution in [0.1, 0.15) is 82.6 Å². The Kier molecular flexibility index (Phi) is 11.2. The van der Waals surface area contributed by atoms with Gasteiger partial charge in [0.15, 0.2) is 0 Å². The number of rotatable bonds is 13. The van der Waals surface area contributed by atoms with E-state index in [0.717, 1.165) is 31.2 Å². The van der Waals surface area contributed by atoms with Crippen LogP contribution in [0.4, 0.5) is 0 Å². The summed E-state index contributed by atoms with van der Waals surface area (Å²) in [5.41, 5.74) is 0.803. The lowest BCUT2D eigenvalue weighted by Gasteiger charge is -2.38. The highest BCUT2D eigenvalue weighted by atomic mass is 32.2. The van der Waals surface area contributed by atoms with Crippen LogP contribution in [-0.4, -0.2) is 78.7 Å². The van der Waals surface area contributed by atoms with Gasteiger partial charge < -0.3 is 14.6 Å². The third kappa shape index (κ3) is 8.52. The number of hydrogen-bond acceptors (Lipinski definition) is 7. The Bertz CT molecular complexity index is 892. The highest BCUT2D eigenvalue weighted by Crippen LogP contribution is 2.48. The first-order valence-corrected chi connectivity index (χ1v) is 15.0. The second kappa shape index (κ2) is 13.9. The molecule has 3 aliphatic rings. The topological polar surface area (TPSA) is 117 Å². The number of aliphatic hydroxyl groups is 1. The van der Waals surface area contributed by atoms with Crippen LogP contribution in [0.2, 0.25) is 0 Å². The number of ether oxygens (including phenoxy) is 2. The Hall–Kier alpha value is -1.52. The second-order valence-electron chi connectivity index (χ2n) is 10.3. The number of carbonyl (C=O) groups is 1. The fourth-order valence-corrected chi connectivity index (χ4v) is 6.03. The quantitative estimate of drug-likeness (QED) is 0.172. The molecule has 36 heavy (non-hydrogen) atoms. The highest BCUT2D eigenvalue weighted by molar-refractivity contribution is 7.85. The van der Waals surface area contributed by atoms with Gasteiger partial charge in [-0.15, -0.1) is 0 Å². The van der Waals surface area contributed by atoms with Crippen molar-refractivity contribution in [2.45, 2.75) is 107 Å². The average molecular weight is 526 g/mol. The Morgan fingerprint density at radius 2 is 1.58 bits per heavy atom. The van der Waals surface area contributed by atoms with Crippen molar-refractivity contribution in [3.8, 4) is 0 Å². The Morgan fingerprint density at radius 1 is 1.03 bits per heavy atom. The number of fused-ring (bicyclic) bond motifs is 5. The molecular weight excluding hydrogens is 482 g/mol. The van der Waals surface area contributed by atoms with Crippen molar-refractivity contribution in [1.82, 2.24) is 4.90 Å². The van der Waals surface area contributed by atoms with Gasteiger partial charge in [0, 0.05) is 24.9 Å². The molecule has 0 saturated carbocycles. The molecule has 0 aliphatic carbocycles. The van der Waals surface area contributed by atoms with Gasteiger partial charge >= 0.3 is 5.97 Å². The largest absolute Gasteiger partial charge is 0.462 e. The lowest BCUT2D eigenvalue weighted by atomic mass is 9.97. The maximum Gasteiger partial charge on any atom is 0.316 e. The first kappa shape index (κ1) is 29.0. The summed E-state index contributed by atoms with van der Waals surface area (Å²) < 4.78 is 40.6. The van der Waals surface area contributed by atoms with Crippen molar-refractivity contribution in [3.05, 3.63) is 35.9 Å². The smallest absolute Gasteiger partial charge is 0.316 e. The summed E-state index contributed by atoms with van der Waals surface area (Å²) in [6, 6.07) is 10.1. The van der Waals surface area contributed by atoms with Gasteiger partial charge in [-0.2, -0.15) is 8.42 Å². The standard InChI is InChI=1S/C17H21NO4.C10H22O3S/c1-18-13-7-11(8-14(18)16-15(13)22-16)21-17(20)12(9-19)10-5-3-2-4-6-10;1-2-3-4-5-6-7-8-9-10-14(11,12)13/h2-6,11-16,19H,7-9H2,1H3;2-10H2,1H3,(H,11,12,13)/t11?,12-,13-,14+,15-,16+;/m1./s1. The minimum Gasteiger partial charge on any atom is -0.462 e. The van der Waals surface area contributed by atoms with Crippen molar-refractivity contribution in [3.63, 3.8) is 0 Å². The van der Waals surface area contributed by atoms with Crippen LogP contribution < -0.4 is 0 Å². The summed E-state index contributed by atoms with van der Waals surface area (Å²) in [5.74, 6) is -0.997. The molecule has 6 atom stereocenters. The third-order valence-electron chi connectivity index (χ3n) is 7.58. The van der Waals surface area contributed by atoms with Gasteiger partial charge in [-0.3, -0.25) is 14.2 Å². The lowest BCUT2D eigenvalue weighted by Crippen LogP contribution is -2.48. The Balaban J connectivity index is 0.000000226. The summed E-state index contributed by atoms with van der Waals surface area (Å²) in [5, 5.41) is 9.56. The van der Waals surface area contributed by atoms with Crippen molar-refractivity contribution in [2.24, 2.45) is 0 Å². The number of epoxide rings is 1. The molecule has 4 rings (SSSR count). The molecule has 1 aromatic carbocycles. The number of benzene rings is 1. The molecule has 2 bridgehead atoms. The average Bonchev–Trinajstić information content (AvgIpc) is 3.60. The first-order valence-electron chi connectivity index (χ1n) is 13.4. The number of piperidine rings is 1. The zero-order chi connectivity index (χ0) is 26.1. The zero-order valence-corrected chi connectivity index (χ0v) is 22.4. The van der Waals surface area contributed by atoms with Crippen LogP contribution in [0, 0.1) is 0 Å². The maximum absolute atomic E-state index is 12.4. The van der Waals surface area contributed by atoms with Gasteiger partial charge in [0.1, 0.15) is 24.2 Å². The number of morpholine rings is 1. The highest BCUT2D eigenvalue weighted by Gasteiger charge is 2.62. The molecule has 204 valence electrons. The monoisotopic (exact) mass is 525 g/mol. The van der Waals surface area contributed by atoms with Crippen molar-refractivity contribution in [1.29, 1.82) is 0 Å². The molecular formula is C27H43NO7S. The summed E-state index contributed by atoms with van der Waals surface area (Å²) in [6.07, 6.45) is 11.1. The molecule has 0 aromatic heterocycles. The van der Waals surface area contributed by atoms with E-state index in [1.54, 1.807) is 0 Å². The Morgan fingerprint density at radius 3 is 2.11 bits per heavy atom. The minimum atomic E-state index is -3.73. The summed E-state index contributed by atoms with van der Waals surface area (Å²) >= 11 is 0. The minimum absolute atomic E-state index is 0.0622. The van der Waals surface area contributed by atoms with Crippen molar-refractivity contribution >= 4 is 16.1 Å². The van der Waals surface area contributed by atoms with Crippen molar-refractivity contribution in [2.75, 3.05) is 19.4 Å². The predicted molar refractivity (Wildman–Crippen MR) is 138 cm³/mol. The number of likely N-dealkylation sites (N-methyl/N-ethyl adjacent to an activating group) is 1. The van der Waals surface area contributed by atoms with E-state index in [1.165, 1.54) is 32.1 Å². The summed E-state index contributed by atoms with van der Waals surface area (Å²) in [6.45, 7) is 1.96. The van der Waals surface area contributed by atoms with Crippen LogP contribution in [0.5, 0.6) is 0 Å². The molecule has 0 spiro atoms. The molecule has 1 unspecified atom stereocenters. The molecule has 2 N–H and O–H groups in total. The Labute approximate surface area is 216 Å². The van der Waals surface area contributed by atoms with E-state index in [1.807, 2.05) is 30.3 Å². The molecule has 1 aromatic rings. The molecule has 3 fully saturated rings. The third-order valence-corrected chi connectivity index (χ3v) is 8.39. The summed E-state index contributed by atoms with van der Waals surface area (Å²) in [7, 11) is -1.60. The van der Waals surface area contributed by atoms with E-state index in [4.69, 9.17) is 14.0 Å². The number of unbranched alkanes of at least 4 members (excludes halogenated alkanes) is 7. The van der Waals surface area contributed by atoms with Crippen molar-refractivity contribution < 1.29 is 32.3 Å². The molecule has 9 heteroatoms. The van der Waals surface area contributed by atoms with Gasteiger partial charge in [0.05, 0.1) is 12.4 Å². The lowest BCUT2D eigenvalue weighted by molar-refractivity contribution is -0.156. The molecule has 3 heterocycles. The SMILES string of the molecule is CCCCCCCCCCS(=O)(=O)O.CN1[C@@H]2CC(OC(=O)[C@H](CO)c3ccccc3)C[C@H]1[C@@H]1O[C@@H]12. The zero-order valence-electron chi connectivity index (χ0n) is 21.6. The normalized spacial score (nSPS) is 27.5. The van der Waals surface area contributed by atoms with Crippen LogP contribution in [0.25, 0.3) is 0 Å². The van der Waals surface area contributed by atoms with Crippen LogP contribution >= 0.6 is 0 Å². The van der Waals surface area contributed by atoms with E-state index in [0.29, 0.717) is 30.7 Å².